The van der Waals surface area contributed by atoms with Gasteiger partial charge in [-0.05, 0) is 63.1 Å². The van der Waals surface area contributed by atoms with E-state index in [1.165, 1.54) is 4.90 Å². The Labute approximate surface area is 205 Å². The standard InChI is InChI=1S/C23H29Cl2N3O4S/c1-6-26-23(30)17(4)27(13-19-20(24)8-7-9-21(19)25)22(29)14-28(33(5,31)32)18-11-10-15(2)16(3)12-18/h7-12,17H,6,13-14H2,1-5H3,(H,26,30)/t17-/m0/s1. The molecule has 33 heavy (non-hydrogen) atoms. The summed E-state index contributed by atoms with van der Waals surface area (Å²) in [6.45, 7) is 6.98. The number of likely N-dealkylation sites (N-methyl/N-ethyl adjacent to an activating group) is 1. The summed E-state index contributed by atoms with van der Waals surface area (Å²) in [6, 6.07) is 9.24. The Morgan fingerprint density at radius 3 is 2.18 bits per heavy atom. The summed E-state index contributed by atoms with van der Waals surface area (Å²) in [7, 11) is -3.79. The van der Waals surface area contributed by atoms with Gasteiger partial charge in [-0.25, -0.2) is 8.42 Å². The molecule has 0 spiro atoms. The zero-order valence-corrected chi connectivity index (χ0v) is 21.7. The molecule has 0 aliphatic rings. The first kappa shape index (κ1) is 27.0. The molecule has 1 atom stereocenters. The van der Waals surface area contributed by atoms with Crippen molar-refractivity contribution in [1.82, 2.24) is 10.2 Å². The molecule has 0 heterocycles. The Bertz CT molecular complexity index is 1120. The predicted molar refractivity (Wildman–Crippen MR) is 133 cm³/mol. The first-order chi connectivity index (χ1) is 15.4. The summed E-state index contributed by atoms with van der Waals surface area (Å²) in [6.07, 6.45) is 1.04. The Hall–Kier alpha value is -2.29. The molecule has 180 valence electrons. The molecule has 0 radical (unpaired) electrons. The van der Waals surface area contributed by atoms with Gasteiger partial charge in [0.2, 0.25) is 21.8 Å². The Kier molecular flexibility index (Phi) is 9.17. The topological polar surface area (TPSA) is 86.8 Å². The van der Waals surface area contributed by atoms with Crippen LogP contribution in [-0.4, -0.2) is 50.5 Å². The van der Waals surface area contributed by atoms with Crippen molar-refractivity contribution in [3.05, 3.63) is 63.1 Å². The van der Waals surface area contributed by atoms with Crippen LogP contribution in [0.2, 0.25) is 10.0 Å². The monoisotopic (exact) mass is 513 g/mol. The van der Waals surface area contributed by atoms with E-state index in [0.29, 0.717) is 27.8 Å². The van der Waals surface area contributed by atoms with Crippen LogP contribution in [0.15, 0.2) is 36.4 Å². The zero-order chi connectivity index (χ0) is 24.9. The van der Waals surface area contributed by atoms with Crippen molar-refractivity contribution in [3.63, 3.8) is 0 Å². The molecular weight excluding hydrogens is 485 g/mol. The van der Waals surface area contributed by atoms with Gasteiger partial charge in [-0.2, -0.15) is 0 Å². The van der Waals surface area contributed by atoms with Gasteiger partial charge < -0.3 is 10.2 Å². The van der Waals surface area contributed by atoms with E-state index in [2.05, 4.69) is 5.32 Å². The maximum Gasteiger partial charge on any atom is 0.244 e. The van der Waals surface area contributed by atoms with Crippen molar-refractivity contribution < 1.29 is 18.0 Å². The van der Waals surface area contributed by atoms with E-state index in [-0.39, 0.29) is 12.5 Å². The minimum Gasteiger partial charge on any atom is -0.355 e. The highest BCUT2D eigenvalue weighted by atomic mass is 35.5. The van der Waals surface area contributed by atoms with Crippen molar-refractivity contribution in [2.24, 2.45) is 0 Å². The van der Waals surface area contributed by atoms with Crippen LogP contribution in [-0.2, 0) is 26.2 Å². The summed E-state index contributed by atoms with van der Waals surface area (Å²) in [4.78, 5) is 27.3. The van der Waals surface area contributed by atoms with E-state index in [1.807, 2.05) is 13.8 Å². The van der Waals surface area contributed by atoms with Crippen LogP contribution >= 0.6 is 23.2 Å². The van der Waals surface area contributed by atoms with E-state index >= 15 is 0 Å². The third-order valence-electron chi connectivity index (χ3n) is 5.37. The zero-order valence-electron chi connectivity index (χ0n) is 19.4. The molecule has 0 bridgehead atoms. The maximum absolute atomic E-state index is 13.5. The molecular formula is C23H29Cl2N3O4S. The molecule has 7 nitrogen and oxygen atoms in total. The average Bonchev–Trinajstić information content (AvgIpc) is 2.72. The molecule has 0 fully saturated rings. The highest BCUT2D eigenvalue weighted by Crippen LogP contribution is 2.27. The number of hydrogen-bond acceptors (Lipinski definition) is 4. The SMILES string of the molecule is CCNC(=O)[C@H](C)N(Cc1c(Cl)cccc1Cl)C(=O)CN(c1ccc(C)c(C)c1)S(C)(=O)=O. The van der Waals surface area contributed by atoms with Crippen molar-refractivity contribution in [2.75, 3.05) is 23.7 Å². The van der Waals surface area contributed by atoms with Crippen LogP contribution in [0, 0.1) is 13.8 Å². The molecule has 0 saturated carbocycles. The smallest absolute Gasteiger partial charge is 0.244 e. The Balaban J connectivity index is 2.46. The van der Waals surface area contributed by atoms with Gasteiger partial charge in [0, 0.05) is 28.7 Å². The van der Waals surface area contributed by atoms with Gasteiger partial charge in [-0.3, -0.25) is 13.9 Å². The van der Waals surface area contributed by atoms with Gasteiger partial charge in [0.05, 0.1) is 11.9 Å². The minimum absolute atomic E-state index is 0.0554. The quantitative estimate of drug-likeness (QED) is 0.550. The average molecular weight is 514 g/mol. The third kappa shape index (κ3) is 6.85. The number of benzene rings is 2. The van der Waals surface area contributed by atoms with Gasteiger partial charge in [-0.15, -0.1) is 0 Å². The molecule has 0 aliphatic heterocycles. The van der Waals surface area contributed by atoms with Crippen LogP contribution in [0.5, 0.6) is 0 Å². The first-order valence-electron chi connectivity index (χ1n) is 10.4. The molecule has 0 aliphatic carbocycles. The van der Waals surface area contributed by atoms with E-state index in [9.17, 15) is 18.0 Å². The van der Waals surface area contributed by atoms with E-state index < -0.39 is 28.5 Å². The predicted octanol–water partition coefficient (Wildman–Crippen LogP) is 3.93. The molecule has 2 aromatic carbocycles. The number of anilines is 1. The number of nitrogens with zero attached hydrogens (tertiary/aromatic N) is 2. The lowest BCUT2D eigenvalue weighted by Gasteiger charge is -2.32. The number of sulfonamides is 1. The number of aryl methyl sites for hydroxylation is 2. The molecule has 0 aromatic heterocycles. The number of halogens is 2. The second-order valence-corrected chi connectivity index (χ2v) is 10.6. The van der Waals surface area contributed by atoms with E-state index in [1.54, 1.807) is 50.2 Å². The van der Waals surface area contributed by atoms with Crippen LogP contribution in [0.3, 0.4) is 0 Å². The number of amides is 2. The highest BCUT2D eigenvalue weighted by Gasteiger charge is 2.30. The highest BCUT2D eigenvalue weighted by molar-refractivity contribution is 7.92. The van der Waals surface area contributed by atoms with Gasteiger partial charge in [0.25, 0.3) is 0 Å². The van der Waals surface area contributed by atoms with Gasteiger partial charge >= 0.3 is 0 Å². The van der Waals surface area contributed by atoms with Crippen LogP contribution in [0.25, 0.3) is 0 Å². The number of carbonyl (C=O) groups excluding carboxylic acids is 2. The molecule has 0 unspecified atom stereocenters. The maximum atomic E-state index is 13.5. The lowest BCUT2D eigenvalue weighted by molar-refractivity contribution is -0.139. The molecule has 1 N–H and O–H groups in total. The van der Waals surface area contributed by atoms with Gasteiger partial charge in [0.15, 0.2) is 0 Å². The second kappa shape index (κ2) is 11.2. The van der Waals surface area contributed by atoms with Crippen molar-refractivity contribution in [2.45, 2.75) is 40.3 Å². The number of carbonyl (C=O) groups is 2. The molecule has 10 heteroatoms. The summed E-state index contributed by atoms with van der Waals surface area (Å²) in [5.74, 6) is -0.931. The lowest BCUT2D eigenvalue weighted by Crippen LogP contribution is -2.51. The van der Waals surface area contributed by atoms with Crippen LogP contribution in [0.1, 0.15) is 30.5 Å². The van der Waals surface area contributed by atoms with E-state index in [0.717, 1.165) is 21.7 Å². The summed E-state index contributed by atoms with van der Waals surface area (Å²) >= 11 is 12.6. The summed E-state index contributed by atoms with van der Waals surface area (Å²) in [5, 5.41) is 3.38. The largest absolute Gasteiger partial charge is 0.355 e. The summed E-state index contributed by atoms with van der Waals surface area (Å²) < 4.78 is 26.2. The number of hydrogen-bond donors (Lipinski definition) is 1. The van der Waals surface area contributed by atoms with Crippen LogP contribution < -0.4 is 9.62 Å². The fourth-order valence-corrected chi connectivity index (χ4v) is 4.61. The first-order valence-corrected chi connectivity index (χ1v) is 13.0. The van der Waals surface area contributed by atoms with Crippen molar-refractivity contribution in [3.8, 4) is 0 Å². The third-order valence-corrected chi connectivity index (χ3v) is 7.21. The minimum atomic E-state index is -3.79. The molecule has 2 amide bonds. The fraction of sp³-hybridized carbons (Fsp3) is 0.391. The molecule has 0 saturated heterocycles. The van der Waals surface area contributed by atoms with Gasteiger partial charge in [-0.1, -0.05) is 35.3 Å². The van der Waals surface area contributed by atoms with Crippen molar-refractivity contribution in [1.29, 1.82) is 0 Å². The van der Waals surface area contributed by atoms with E-state index in [4.69, 9.17) is 23.2 Å². The Morgan fingerprint density at radius 1 is 1.06 bits per heavy atom. The molecule has 2 aromatic rings. The number of rotatable bonds is 9. The molecule has 2 rings (SSSR count). The fourth-order valence-electron chi connectivity index (χ4n) is 3.25. The number of nitrogens with one attached hydrogen (secondary N) is 1. The summed E-state index contributed by atoms with van der Waals surface area (Å²) in [5.41, 5.74) is 2.74. The normalized spacial score (nSPS) is 12.2. The van der Waals surface area contributed by atoms with Crippen molar-refractivity contribution >= 4 is 50.7 Å². The van der Waals surface area contributed by atoms with Crippen LogP contribution in [0.4, 0.5) is 5.69 Å². The Morgan fingerprint density at radius 2 is 1.67 bits per heavy atom. The lowest BCUT2D eigenvalue weighted by atomic mass is 10.1. The van der Waals surface area contributed by atoms with Gasteiger partial charge in [0.1, 0.15) is 12.6 Å². The second-order valence-electron chi connectivity index (χ2n) is 7.83.